The lowest BCUT2D eigenvalue weighted by Crippen LogP contribution is -2.43. The third kappa shape index (κ3) is 4.25. The fourth-order valence-corrected chi connectivity index (χ4v) is 2.93. The first-order valence-electron chi connectivity index (χ1n) is 7.39. The van der Waals surface area contributed by atoms with E-state index in [1.807, 2.05) is 25.1 Å². The SMILES string of the molecule is Cc1ccc(S)cc1C(=O)NC(C)CN1CCCCC1. The zero-order valence-corrected chi connectivity index (χ0v) is 13.2. The van der Waals surface area contributed by atoms with Gasteiger partial charge in [-0.1, -0.05) is 12.5 Å². The molecule has 3 nitrogen and oxygen atoms in total. The van der Waals surface area contributed by atoms with Crippen LogP contribution in [-0.2, 0) is 0 Å². The molecule has 1 unspecified atom stereocenters. The lowest BCUT2D eigenvalue weighted by atomic mass is 10.1. The molecule has 0 radical (unpaired) electrons. The van der Waals surface area contributed by atoms with Gasteiger partial charge in [0.25, 0.3) is 5.91 Å². The Morgan fingerprint density at radius 2 is 2.05 bits per heavy atom. The van der Waals surface area contributed by atoms with Gasteiger partial charge < -0.3 is 10.2 Å². The molecule has 2 rings (SSSR count). The highest BCUT2D eigenvalue weighted by atomic mass is 32.1. The summed E-state index contributed by atoms with van der Waals surface area (Å²) in [5.41, 5.74) is 1.72. The summed E-state index contributed by atoms with van der Waals surface area (Å²) in [6.07, 6.45) is 3.90. The van der Waals surface area contributed by atoms with E-state index < -0.39 is 0 Å². The molecule has 1 aromatic carbocycles. The van der Waals surface area contributed by atoms with Crippen molar-refractivity contribution in [2.45, 2.75) is 44.0 Å². The largest absolute Gasteiger partial charge is 0.348 e. The number of thiol groups is 1. The lowest BCUT2D eigenvalue weighted by molar-refractivity contribution is 0.0925. The normalized spacial score (nSPS) is 17.8. The average molecular weight is 292 g/mol. The van der Waals surface area contributed by atoms with E-state index >= 15 is 0 Å². The van der Waals surface area contributed by atoms with E-state index in [-0.39, 0.29) is 11.9 Å². The van der Waals surface area contributed by atoms with E-state index in [4.69, 9.17) is 0 Å². The molecule has 0 spiro atoms. The quantitative estimate of drug-likeness (QED) is 0.836. The Morgan fingerprint density at radius 3 is 2.75 bits per heavy atom. The number of benzene rings is 1. The van der Waals surface area contributed by atoms with Gasteiger partial charge in [0.1, 0.15) is 0 Å². The number of likely N-dealkylation sites (tertiary alicyclic amines) is 1. The van der Waals surface area contributed by atoms with Gasteiger partial charge in [-0.2, -0.15) is 0 Å². The second-order valence-electron chi connectivity index (χ2n) is 5.74. The summed E-state index contributed by atoms with van der Waals surface area (Å²) in [6.45, 7) is 7.28. The van der Waals surface area contributed by atoms with Crippen LogP contribution in [0, 0.1) is 6.92 Å². The molecule has 1 aromatic rings. The summed E-state index contributed by atoms with van der Waals surface area (Å²) in [7, 11) is 0. The van der Waals surface area contributed by atoms with Crippen LogP contribution >= 0.6 is 12.6 Å². The van der Waals surface area contributed by atoms with Crippen molar-refractivity contribution < 1.29 is 4.79 Å². The van der Waals surface area contributed by atoms with Gasteiger partial charge in [-0.05, 0) is 57.5 Å². The monoisotopic (exact) mass is 292 g/mol. The number of amides is 1. The lowest BCUT2D eigenvalue weighted by Gasteiger charge is -2.29. The number of carbonyl (C=O) groups is 1. The van der Waals surface area contributed by atoms with Crippen molar-refractivity contribution in [3.05, 3.63) is 29.3 Å². The first-order valence-corrected chi connectivity index (χ1v) is 7.84. The fraction of sp³-hybridized carbons (Fsp3) is 0.562. The van der Waals surface area contributed by atoms with Crippen molar-refractivity contribution in [2.24, 2.45) is 0 Å². The standard InChI is InChI=1S/C16H24N2OS/c1-12-6-7-14(20)10-15(12)16(19)17-13(2)11-18-8-4-3-5-9-18/h6-7,10,13,20H,3-5,8-9,11H2,1-2H3,(H,17,19). The zero-order valence-electron chi connectivity index (χ0n) is 12.4. The van der Waals surface area contributed by atoms with Crippen molar-refractivity contribution >= 4 is 18.5 Å². The number of hydrogen-bond donors (Lipinski definition) is 2. The summed E-state index contributed by atoms with van der Waals surface area (Å²) < 4.78 is 0. The number of nitrogens with zero attached hydrogens (tertiary/aromatic N) is 1. The summed E-state index contributed by atoms with van der Waals surface area (Å²) in [5.74, 6) is 0.00269. The van der Waals surface area contributed by atoms with Crippen LogP contribution in [-0.4, -0.2) is 36.5 Å². The number of piperidine rings is 1. The molecule has 1 aliphatic rings. The first-order chi connectivity index (χ1) is 9.56. The second kappa shape index (κ2) is 7.14. The van der Waals surface area contributed by atoms with Crippen molar-refractivity contribution in [2.75, 3.05) is 19.6 Å². The smallest absolute Gasteiger partial charge is 0.251 e. The Hall–Kier alpha value is -1.00. The highest BCUT2D eigenvalue weighted by molar-refractivity contribution is 7.80. The molecule has 110 valence electrons. The van der Waals surface area contributed by atoms with Gasteiger partial charge in [-0.25, -0.2) is 0 Å². The van der Waals surface area contributed by atoms with Gasteiger partial charge in [0.15, 0.2) is 0 Å². The molecular formula is C16H24N2OS. The van der Waals surface area contributed by atoms with Gasteiger partial charge in [-0.3, -0.25) is 4.79 Å². The Labute approximate surface area is 127 Å². The van der Waals surface area contributed by atoms with Crippen LogP contribution in [0.5, 0.6) is 0 Å². The number of aryl methyl sites for hydroxylation is 1. The van der Waals surface area contributed by atoms with Crippen molar-refractivity contribution in [3.63, 3.8) is 0 Å². The number of carbonyl (C=O) groups excluding carboxylic acids is 1. The minimum absolute atomic E-state index is 0.00269. The molecular weight excluding hydrogens is 268 g/mol. The number of rotatable bonds is 4. The van der Waals surface area contributed by atoms with Crippen LogP contribution in [0.2, 0.25) is 0 Å². The van der Waals surface area contributed by atoms with Gasteiger partial charge in [0.05, 0.1) is 0 Å². The maximum Gasteiger partial charge on any atom is 0.251 e. The predicted octanol–water partition coefficient (Wildman–Crippen LogP) is 2.89. The molecule has 0 aliphatic carbocycles. The predicted molar refractivity (Wildman–Crippen MR) is 85.7 cm³/mol. The summed E-state index contributed by atoms with van der Waals surface area (Å²) in [4.78, 5) is 15.6. The highest BCUT2D eigenvalue weighted by Gasteiger charge is 2.16. The van der Waals surface area contributed by atoms with Crippen molar-refractivity contribution in [1.82, 2.24) is 10.2 Å². The van der Waals surface area contributed by atoms with E-state index in [1.54, 1.807) is 0 Å². The van der Waals surface area contributed by atoms with Crippen LogP contribution in [0.15, 0.2) is 23.1 Å². The summed E-state index contributed by atoms with van der Waals surface area (Å²) in [5, 5.41) is 3.10. The molecule has 0 saturated carbocycles. The van der Waals surface area contributed by atoms with E-state index in [1.165, 1.54) is 19.3 Å². The second-order valence-corrected chi connectivity index (χ2v) is 6.25. The Kier molecular flexibility index (Phi) is 5.49. The molecule has 1 saturated heterocycles. The van der Waals surface area contributed by atoms with Gasteiger partial charge in [-0.15, -0.1) is 12.6 Å². The maximum absolute atomic E-state index is 12.3. The summed E-state index contributed by atoms with van der Waals surface area (Å²) in [6, 6.07) is 5.85. The Morgan fingerprint density at radius 1 is 1.35 bits per heavy atom. The molecule has 4 heteroatoms. The van der Waals surface area contributed by atoms with Crippen molar-refractivity contribution in [1.29, 1.82) is 0 Å². The zero-order chi connectivity index (χ0) is 14.5. The molecule has 1 aliphatic heterocycles. The van der Waals surface area contributed by atoms with Gasteiger partial charge in [0, 0.05) is 23.0 Å². The van der Waals surface area contributed by atoms with Crippen molar-refractivity contribution in [3.8, 4) is 0 Å². The van der Waals surface area contributed by atoms with E-state index in [0.717, 1.165) is 35.7 Å². The molecule has 0 aromatic heterocycles. The minimum atomic E-state index is 0.00269. The van der Waals surface area contributed by atoms with Crippen LogP contribution in [0.3, 0.4) is 0 Å². The molecule has 1 fully saturated rings. The Balaban J connectivity index is 1.91. The van der Waals surface area contributed by atoms with E-state index in [2.05, 4.69) is 29.8 Å². The van der Waals surface area contributed by atoms with E-state index in [9.17, 15) is 4.79 Å². The third-order valence-corrected chi connectivity index (χ3v) is 4.10. The van der Waals surface area contributed by atoms with Crippen LogP contribution in [0.1, 0.15) is 42.1 Å². The van der Waals surface area contributed by atoms with Crippen LogP contribution in [0.25, 0.3) is 0 Å². The van der Waals surface area contributed by atoms with Gasteiger partial charge in [0.2, 0.25) is 0 Å². The van der Waals surface area contributed by atoms with Gasteiger partial charge >= 0.3 is 0 Å². The molecule has 1 atom stereocenters. The fourth-order valence-electron chi connectivity index (χ4n) is 2.73. The van der Waals surface area contributed by atoms with Crippen LogP contribution in [0.4, 0.5) is 0 Å². The minimum Gasteiger partial charge on any atom is -0.348 e. The molecule has 1 heterocycles. The highest BCUT2D eigenvalue weighted by Crippen LogP contribution is 2.14. The number of hydrogen-bond acceptors (Lipinski definition) is 3. The van der Waals surface area contributed by atoms with E-state index in [0.29, 0.717) is 0 Å². The topological polar surface area (TPSA) is 32.3 Å². The molecule has 1 amide bonds. The third-order valence-electron chi connectivity index (χ3n) is 3.82. The first kappa shape index (κ1) is 15.4. The number of nitrogens with one attached hydrogen (secondary N) is 1. The maximum atomic E-state index is 12.3. The molecule has 1 N–H and O–H groups in total. The van der Waals surface area contributed by atoms with Crippen LogP contribution < -0.4 is 5.32 Å². The summed E-state index contributed by atoms with van der Waals surface area (Å²) >= 11 is 4.30. The molecule has 20 heavy (non-hydrogen) atoms. The Bertz CT molecular complexity index is 470. The average Bonchev–Trinajstić information content (AvgIpc) is 2.42. The molecule has 0 bridgehead atoms.